The third kappa shape index (κ3) is 3.78. The van der Waals surface area contributed by atoms with Gasteiger partial charge in [0.25, 0.3) is 10.0 Å². The third-order valence-electron chi connectivity index (χ3n) is 0.834. The summed E-state index contributed by atoms with van der Waals surface area (Å²) in [6, 6.07) is 1.74. The lowest BCUT2D eigenvalue weighted by atomic mass is 10.5. The lowest BCUT2D eigenvalue weighted by molar-refractivity contribution is 0.582. The van der Waals surface area contributed by atoms with Crippen molar-refractivity contribution in [3.63, 3.8) is 0 Å². The molecule has 0 saturated heterocycles. The Balaban J connectivity index is 4.19. The van der Waals surface area contributed by atoms with Gasteiger partial charge >= 0.3 is 3.12 Å². The topological polar surface area (TPSA) is 70.0 Å². The fourth-order valence-corrected chi connectivity index (χ4v) is 1.35. The second-order valence-corrected chi connectivity index (χ2v) is 6.61. The van der Waals surface area contributed by atoms with Crippen LogP contribution in [0.15, 0.2) is 0 Å². The number of alkyl halides is 3. The molecule has 0 saturated carbocycles. The van der Waals surface area contributed by atoms with Gasteiger partial charge in [0.1, 0.15) is 0 Å². The van der Waals surface area contributed by atoms with Crippen molar-refractivity contribution >= 4 is 44.8 Å². The summed E-state index contributed by atoms with van der Waals surface area (Å²) in [7, 11) is -3.97. The van der Waals surface area contributed by atoms with Crippen LogP contribution in [-0.4, -0.2) is 18.1 Å². The second-order valence-electron chi connectivity index (χ2n) is 1.75. The predicted molar refractivity (Wildman–Crippen MR) is 47.4 cm³/mol. The molecule has 1 N–H and O–H groups in total. The first-order chi connectivity index (χ1) is 5.31. The number of nitriles is 1. The first-order valence-corrected chi connectivity index (χ1v) is 5.36. The zero-order chi connectivity index (χ0) is 9.83. The highest BCUT2D eigenvalue weighted by Crippen LogP contribution is 2.31. The van der Waals surface area contributed by atoms with E-state index in [1.165, 1.54) is 0 Å². The van der Waals surface area contributed by atoms with E-state index in [1.807, 2.05) is 4.72 Å². The minimum absolute atomic E-state index is 0.0278. The van der Waals surface area contributed by atoms with Crippen LogP contribution in [0.5, 0.6) is 0 Å². The minimum atomic E-state index is -3.97. The maximum absolute atomic E-state index is 10.9. The average molecular weight is 252 g/mol. The van der Waals surface area contributed by atoms with Gasteiger partial charge in [-0.15, -0.1) is 0 Å². The smallest absolute Gasteiger partial charge is 0.210 e. The molecule has 0 amide bonds. The van der Waals surface area contributed by atoms with Gasteiger partial charge in [-0.1, -0.05) is 34.8 Å². The van der Waals surface area contributed by atoms with Crippen molar-refractivity contribution in [1.82, 2.24) is 4.72 Å². The van der Waals surface area contributed by atoms with Crippen molar-refractivity contribution in [2.75, 3.05) is 6.54 Å². The van der Waals surface area contributed by atoms with Crippen molar-refractivity contribution in [3.8, 4) is 6.07 Å². The maximum Gasteiger partial charge on any atom is 0.306 e. The maximum atomic E-state index is 10.9. The molecule has 0 bridgehead atoms. The van der Waals surface area contributed by atoms with E-state index >= 15 is 0 Å². The van der Waals surface area contributed by atoms with Crippen LogP contribution in [0.25, 0.3) is 0 Å². The number of hydrogen-bond donors (Lipinski definition) is 1. The molecule has 0 aromatic carbocycles. The summed E-state index contributed by atoms with van der Waals surface area (Å²) < 4.78 is 21.4. The molecule has 0 rings (SSSR count). The van der Waals surface area contributed by atoms with E-state index in [2.05, 4.69) is 0 Å². The van der Waals surface area contributed by atoms with Gasteiger partial charge in [-0.3, -0.25) is 0 Å². The monoisotopic (exact) mass is 250 g/mol. The fourth-order valence-electron chi connectivity index (χ4n) is 0.323. The van der Waals surface area contributed by atoms with Crippen LogP contribution in [0, 0.1) is 11.3 Å². The molecule has 8 heteroatoms. The van der Waals surface area contributed by atoms with Gasteiger partial charge in [0.15, 0.2) is 0 Å². The summed E-state index contributed by atoms with van der Waals surface area (Å²) >= 11 is 15.3. The Bertz CT molecular complexity index is 276. The number of nitrogens with zero attached hydrogens (tertiary/aromatic N) is 1. The van der Waals surface area contributed by atoms with E-state index in [4.69, 9.17) is 40.1 Å². The summed E-state index contributed by atoms with van der Waals surface area (Å²) in [5.74, 6) is 0. The van der Waals surface area contributed by atoms with E-state index in [1.54, 1.807) is 6.07 Å². The molecular weight excluding hydrogens is 246 g/mol. The standard InChI is InChI=1S/C4H5Cl3N2O2S/c5-4(6,7)12(10,11)9-3-1-2-8/h9H,1,3H2. The summed E-state index contributed by atoms with van der Waals surface area (Å²) in [5, 5.41) is 8.08. The highest BCUT2D eigenvalue weighted by atomic mass is 35.6. The fraction of sp³-hybridized carbons (Fsp3) is 0.750. The molecular formula is C4H5Cl3N2O2S. The van der Waals surface area contributed by atoms with Crippen molar-refractivity contribution in [1.29, 1.82) is 5.26 Å². The second kappa shape index (κ2) is 4.49. The molecule has 0 heterocycles. The molecule has 12 heavy (non-hydrogen) atoms. The van der Waals surface area contributed by atoms with Crippen LogP contribution in [0.3, 0.4) is 0 Å². The summed E-state index contributed by atoms with van der Waals surface area (Å²) in [6.07, 6.45) is 0.0278. The highest BCUT2D eigenvalue weighted by Gasteiger charge is 2.37. The Morgan fingerprint density at radius 3 is 2.25 bits per heavy atom. The molecule has 0 spiro atoms. The highest BCUT2D eigenvalue weighted by molar-refractivity contribution is 7.95. The van der Waals surface area contributed by atoms with Crippen LogP contribution in [0.4, 0.5) is 0 Å². The largest absolute Gasteiger partial charge is 0.306 e. The Morgan fingerprint density at radius 2 is 1.92 bits per heavy atom. The van der Waals surface area contributed by atoms with Crippen LogP contribution in [-0.2, 0) is 10.0 Å². The third-order valence-corrected chi connectivity index (χ3v) is 3.86. The molecule has 0 aromatic heterocycles. The number of sulfonamides is 1. The van der Waals surface area contributed by atoms with Gasteiger partial charge in [-0.05, 0) is 0 Å². The molecule has 0 aliphatic carbocycles. The molecule has 0 fully saturated rings. The quantitative estimate of drug-likeness (QED) is 0.604. The normalized spacial score (nSPS) is 12.5. The first-order valence-electron chi connectivity index (χ1n) is 2.74. The van der Waals surface area contributed by atoms with Crippen LogP contribution in [0.2, 0.25) is 0 Å². The number of nitrogens with one attached hydrogen (secondary N) is 1. The van der Waals surface area contributed by atoms with Crippen molar-refractivity contribution < 1.29 is 8.42 Å². The molecule has 0 atom stereocenters. The number of rotatable bonds is 3. The molecule has 0 radical (unpaired) electrons. The Kier molecular flexibility index (Phi) is 4.59. The van der Waals surface area contributed by atoms with E-state index in [-0.39, 0.29) is 13.0 Å². The van der Waals surface area contributed by atoms with Gasteiger partial charge in [-0.25, -0.2) is 13.1 Å². The van der Waals surface area contributed by atoms with E-state index < -0.39 is 13.1 Å². The lowest BCUT2D eigenvalue weighted by Crippen LogP contribution is -2.34. The zero-order valence-electron chi connectivity index (χ0n) is 5.72. The molecule has 0 aliphatic rings. The average Bonchev–Trinajstić information content (AvgIpc) is 1.85. The van der Waals surface area contributed by atoms with E-state index in [0.29, 0.717) is 0 Å². The Morgan fingerprint density at radius 1 is 1.42 bits per heavy atom. The molecule has 4 nitrogen and oxygen atoms in total. The van der Waals surface area contributed by atoms with Gasteiger partial charge < -0.3 is 0 Å². The first kappa shape index (κ1) is 12.3. The van der Waals surface area contributed by atoms with Gasteiger partial charge in [0.05, 0.1) is 6.07 Å². The van der Waals surface area contributed by atoms with Crippen molar-refractivity contribution in [2.24, 2.45) is 0 Å². The molecule has 0 aliphatic heterocycles. The van der Waals surface area contributed by atoms with Crippen LogP contribution >= 0.6 is 34.8 Å². The Hall–Kier alpha value is 0.270. The number of hydrogen-bond acceptors (Lipinski definition) is 3. The van der Waals surface area contributed by atoms with E-state index in [9.17, 15) is 8.42 Å². The van der Waals surface area contributed by atoms with Crippen LogP contribution in [0.1, 0.15) is 6.42 Å². The van der Waals surface area contributed by atoms with Gasteiger partial charge in [0, 0.05) is 13.0 Å². The lowest BCUT2D eigenvalue weighted by Gasteiger charge is -2.11. The minimum Gasteiger partial charge on any atom is -0.210 e. The summed E-state index contributed by atoms with van der Waals surface area (Å²) in [6.45, 7) is -0.0628. The number of halogens is 3. The van der Waals surface area contributed by atoms with E-state index in [0.717, 1.165) is 0 Å². The Labute approximate surface area is 85.4 Å². The predicted octanol–water partition coefficient (Wildman–Crippen LogP) is 1.15. The molecule has 0 unspecified atom stereocenters. The van der Waals surface area contributed by atoms with Gasteiger partial charge in [-0.2, -0.15) is 5.26 Å². The summed E-state index contributed by atoms with van der Waals surface area (Å²) in [5.41, 5.74) is 0. The van der Waals surface area contributed by atoms with Crippen LogP contribution < -0.4 is 4.72 Å². The zero-order valence-corrected chi connectivity index (χ0v) is 8.80. The molecule has 0 aromatic rings. The van der Waals surface area contributed by atoms with Crippen molar-refractivity contribution in [3.05, 3.63) is 0 Å². The molecule has 70 valence electrons. The van der Waals surface area contributed by atoms with Gasteiger partial charge in [0.2, 0.25) is 0 Å². The SMILES string of the molecule is N#CCCNS(=O)(=O)C(Cl)(Cl)Cl. The van der Waals surface area contributed by atoms with Crippen molar-refractivity contribution in [2.45, 2.75) is 9.55 Å². The summed E-state index contributed by atoms with van der Waals surface area (Å²) in [4.78, 5) is 0.